The Kier molecular flexibility index (Phi) is 7.73. The molecule has 0 radical (unpaired) electrons. The van der Waals surface area contributed by atoms with Crippen molar-refractivity contribution in [2.45, 2.75) is 33.1 Å². The van der Waals surface area contributed by atoms with E-state index >= 15 is 0 Å². The molecule has 1 nitrogen and oxygen atoms in total. The van der Waals surface area contributed by atoms with Crippen LogP contribution in [-0.2, 0) is 0 Å². The van der Waals surface area contributed by atoms with Gasteiger partial charge in [0.2, 0.25) is 0 Å². The number of allylic oxidation sites excluding steroid dienone is 2. The van der Waals surface area contributed by atoms with Crippen molar-refractivity contribution in [2.75, 3.05) is 5.75 Å². The van der Waals surface area contributed by atoms with E-state index in [1.54, 1.807) is 11.8 Å². The standard InChI is InChI=1S/C9H14BrNS/c1-3-5-6-8(10)9(7-11)12-4-2/h3-6H2,1-2H3/b9-8-. The van der Waals surface area contributed by atoms with Crippen LogP contribution in [0.3, 0.4) is 0 Å². The highest BCUT2D eigenvalue weighted by Crippen LogP contribution is 2.26. The Morgan fingerprint density at radius 2 is 2.17 bits per heavy atom. The molecule has 0 aromatic heterocycles. The van der Waals surface area contributed by atoms with Crippen LogP contribution in [-0.4, -0.2) is 5.75 Å². The molecule has 0 aliphatic carbocycles. The van der Waals surface area contributed by atoms with E-state index in [1.165, 1.54) is 6.42 Å². The summed E-state index contributed by atoms with van der Waals surface area (Å²) in [6.07, 6.45) is 3.31. The predicted octanol–water partition coefficient (Wildman–Crippen LogP) is 4.06. The van der Waals surface area contributed by atoms with Crippen molar-refractivity contribution >= 4 is 27.7 Å². The minimum absolute atomic E-state index is 0.839. The Morgan fingerprint density at radius 1 is 1.50 bits per heavy atom. The molecule has 0 aromatic rings. The van der Waals surface area contributed by atoms with E-state index in [4.69, 9.17) is 5.26 Å². The molecule has 0 unspecified atom stereocenters. The van der Waals surface area contributed by atoms with E-state index < -0.39 is 0 Å². The zero-order chi connectivity index (χ0) is 9.40. The molecule has 0 saturated carbocycles. The molecular formula is C9H14BrNS. The first kappa shape index (κ1) is 12.1. The second-order valence-electron chi connectivity index (χ2n) is 2.38. The van der Waals surface area contributed by atoms with Gasteiger partial charge in [-0.15, -0.1) is 11.8 Å². The summed E-state index contributed by atoms with van der Waals surface area (Å²) in [5.41, 5.74) is 0. The van der Waals surface area contributed by atoms with Crippen molar-refractivity contribution in [1.29, 1.82) is 5.26 Å². The quantitative estimate of drug-likeness (QED) is 0.685. The maximum Gasteiger partial charge on any atom is 0.107 e. The highest BCUT2D eigenvalue weighted by Gasteiger charge is 2.02. The molecule has 0 saturated heterocycles. The van der Waals surface area contributed by atoms with Crippen LogP contribution in [0.5, 0.6) is 0 Å². The number of thioether (sulfide) groups is 1. The minimum atomic E-state index is 0.839. The van der Waals surface area contributed by atoms with Crippen LogP contribution in [0.15, 0.2) is 9.39 Å². The maximum atomic E-state index is 8.77. The lowest BCUT2D eigenvalue weighted by molar-refractivity contribution is 0.810. The first-order valence-corrected chi connectivity index (χ1v) is 5.95. The van der Waals surface area contributed by atoms with Crippen LogP contribution < -0.4 is 0 Å². The molecule has 0 amide bonds. The number of halogens is 1. The fraction of sp³-hybridized carbons (Fsp3) is 0.667. The normalized spacial score (nSPS) is 12.2. The number of unbranched alkanes of at least 4 members (excludes halogenated alkanes) is 1. The summed E-state index contributed by atoms with van der Waals surface area (Å²) in [6.45, 7) is 4.21. The minimum Gasteiger partial charge on any atom is -0.192 e. The number of hydrogen-bond acceptors (Lipinski definition) is 2. The van der Waals surface area contributed by atoms with Gasteiger partial charge in [-0.1, -0.05) is 36.2 Å². The highest BCUT2D eigenvalue weighted by atomic mass is 79.9. The Hall–Kier alpha value is 0.0600. The smallest absolute Gasteiger partial charge is 0.107 e. The lowest BCUT2D eigenvalue weighted by Gasteiger charge is -2.00. The molecule has 0 spiro atoms. The van der Waals surface area contributed by atoms with E-state index in [2.05, 4.69) is 35.8 Å². The Morgan fingerprint density at radius 3 is 2.58 bits per heavy atom. The number of rotatable bonds is 5. The summed E-state index contributed by atoms with van der Waals surface area (Å²) in [5.74, 6) is 0.962. The van der Waals surface area contributed by atoms with Gasteiger partial charge in [-0.05, 0) is 18.6 Å². The summed E-state index contributed by atoms with van der Waals surface area (Å²) in [7, 11) is 0. The van der Waals surface area contributed by atoms with Gasteiger partial charge in [-0.3, -0.25) is 0 Å². The zero-order valence-corrected chi connectivity index (χ0v) is 9.96. The van der Waals surface area contributed by atoms with Gasteiger partial charge in [0, 0.05) is 4.48 Å². The van der Waals surface area contributed by atoms with E-state index in [0.717, 1.165) is 28.0 Å². The number of nitrogens with zero attached hydrogens (tertiary/aromatic N) is 1. The molecule has 0 atom stereocenters. The second-order valence-corrected chi connectivity index (χ2v) is 4.61. The topological polar surface area (TPSA) is 23.8 Å². The Balaban J connectivity index is 4.10. The summed E-state index contributed by atoms with van der Waals surface area (Å²) in [5, 5.41) is 8.77. The van der Waals surface area contributed by atoms with Gasteiger partial charge in [0.25, 0.3) is 0 Å². The van der Waals surface area contributed by atoms with Gasteiger partial charge in [0.15, 0.2) is 0 Å². The first-order chi connectivity index (χ1) is 5.76. The molecule has 0 rings (SSSR count). The van der Waals surface area contributed by atoms with E-state index in [-0.39, 0.29) is 0 Å². The van der Waals surface area contributed by atoms with Gasteiger partial charge in [0.1, 0.15) is 6.07 Å². The van der Waals surface area contributed by atoms with Gasteiger partial charge >= 0.3 is 0 Å². The molecule has 0 fully saturated rings. The largest absolute Gasteiger partial charge is 0.192 e. The Bertz CT molecular complexity index is 193. The van der Waals surface area contributed by atoms with Gasteiger partial charge < -0.3 is 0 Å². The number of hydrogen-bond donors (Lipinski definition) is 0. The van der Waals surface area contributed by atoms with Crippen molar-refractivity contribution in [1.82, 2.24) is 0 Å². The second kappa shape index (κ2) is 7.70. The average Bonchev–Trinajstić information content (AvgIpc) is 2.10. The summed E-state index contributed by atoms with van der Waals surface area (Å²) < 4.78 is 1.07. The third-order valence-corrected chi connectivity index (χ3v) is 3.36. The summed E-state index contributed by atoms with van der Waals surface area (Å²) in [4.78, 5) is 0.839. The lowest BCUT2D eigenvalue weighted by Crippen LogP contribution is -1.81. The number of nitriles is 1. The summed E-state index contributed by atoms with van der Waals surface area (Å²) >= 11 is 5.05. The highest BCUT2D eigenvalue weighted by molar-refractivity contribution is 9.11. The van der Waals surface area contributed by atoms with Crippen molar-refractivity contribution in [3.05, 3.63) is 9.39 Å². The van der Waals surface area contributed by atoms with Gasteiger partial charge in [-0.2, -0.15) is 5.26 Å². The van der Waals surface area contributed by atoms with E-state index in [0.29, 0.717) is 0 Å². The fourth-order valence-corrected chi connectivity index (χ4v) is 2.09. The average molecular weight is 248 g/mol. The fourth-order valence-electron chi connectivity index (χ4n) is 0.761. The monoisotopic (exact) mass is 247 g/mol. The van der Waals surface area contributed by atoms with Crippen LogP contribution in [0.4, 0.5) is 0 Å². The predicted molar refractivity (Wildman–Crippen MR) is 59.2 cm³/mol. The van der Waals surface area contributed by atoms with Crippen LogP contribution in [0, 0.1) is 11.3 Å². The maximum absolute atomic E-state index is 8.77. The lowest BCUT2D eigenvalue weighted by atomic mass is 10.2. The molecule has 0 aromatic carbocycles. The molecule has 0 bridgehead atoms. The van der Waals surface area contributed by atoms with Gasteiger partial charge in [-0.25, -0.2) is 0 Å². The third kappa shape index (κ3) is 4.84. The van der Waals surface area contributed by atoms with Crippen LogP contribution in [0.1, 0.15) is 33.1 Å². The molecule has 3 heteroatoms. The van der Waals surface area contributed by atoms with Gasteiger partial charge in [0.05, 0.1) is 4.91 Å². The van der Waals surface area contributed by atoms with Crippen LogP contribution in [0.25, 0.3) is 0 Å². The molecule has 0 aliphatic heterocycles. The van der Waals surface area contributed by atoms with Crippen LogP contribution in [0.2, 0.25) is 0 Å². The van der Waals surface area contributed by atoms with Crippen LogP contribution >= 0.6 is 27.7 Å². The Labute approximate surface area is 87.4 Å². The van der Waals surface area contributed by atoms with E-state index in [1.807, 2.05) is 0 Å². The first-order valence-electron chi connectivity index (χ1n) is 4.17. The molecule has 68 valence electrons. The molecule has 0 N–H and O–H groups in total. The van der Waals surface area contributed by atoms with Crippen molar-refractivity contribution in [3.8, 4) is 6.07 Å². The van der Waals surface area contributed by atoms with Crippen molar-refractivity contribution in [2.24, 2.45) is 0 Å². The molecular weight excluding hydrogens is 234 g/mol. The van der Waals surface area contributed by atoms with Crippen molar-refractivity contribution < 1.29 is 0 Å². The zero-order valence-electron chi connectivity index (χ0n) is 7.56. The SMILES string of the molecule is CCCC/C(Br)=C(\C#N)SCC. The third-order valence-electron chi connectivity index (χ3n) is 1.39. The van der Waals surface area contributed by atoms with E-state index in [9.17, 15) is 0 Å². The molecule has 0 heterocycles. The molecule has 0 aliphatic rings. The van der Waals surface area contributed by atoms with Crippen molar-refractivity contribution in [3.63, 3.8) is 0 Å². The molecule has 12 heavy (non-hydrogen) atoms. The summed E-state index contributed by atoms with van der Waals surface area (Å²) in [6, 6.07) is 2.21.